The number of nitrogens with zero attached hydrogens (tertiary/aromatic N) is 1. The molecule has 0 N–H and O–H groups in total. The van der Waals surface area contributed by atoms with Gasteiger partial charge in [-0.3, -0.25) is 4.79 Å². The van der Waals surface area contributed by atoms with E-state index < -0.39 is 5.63 Å². The van der Waals surface area contributed by atoms with Crippen LogP contribution in [0.1, 0.15) is 50.9 Å². The molecule has 0 fully saturated rings. The second-order valence-electron chi connectivity index (χ2n) is 5.71. The molecule has 0 unspecified atom stereocenters. The van der Waals surface area contributed by atoms with E-state index in [4.69, 9.17) is 4.42 Å². The number of amides is 1. The minimum Gasteiger partial charge on any atom is -0.422 e. The Balaban J connectivity index is 2.50. The molecule has 0 aliphatic heterocycles. The van der Waals surface area contributed by atoms with Crippen LogP contribution in [0, 0.1) is 0 Å². The normalized spacial score (nSPS) is 13.8. The molecule has 1 amide bonds. The molecule has 4 heteroatoms. The maximum absolute atomic E-state index is 12.9. The smallest absolute Gasteiger partial charge is 0.349 e. The predicted molar refractivity (Wildman–Crippen MR) is 88.2 cm³/mol. The van der Waals surface area contributed by atoms with Crippen LogP contribution in [0.3, 0.4) is 0 Å². The molecule has 1 heterocycles. The first-order chi connectivity index (χ1) is 10.5. The van der Waals surface area contributed by atoms with E-state index in [1.54, 1.807) is 23.1 Å². The molecule has 22 heavy (non-hydrogen) atoms. The average molecular weight is 301 g/mol. The summed E-state index contributed by atoms with van der Waals surface area (Å²) < 4.78 is 5.29. The highest BCUT2D eigenvalue weighted by Crippen LogP contribution is 2.18. The molecule has 0 bridgehead atoms. The van der Waals surface area contributed by atoms with Gasteiger partial charge in [-0.25, -0.2) is 4.79 Å². The highest BCUT2D eigenvalue weighted by molar-refractivity contribution is 5.97. The molecule has 2 aromatic rings. The quantitative estimate of drug-likeness (QED) is 0.789. The third-order valence-corrected chi connectivity index (χ3v) is 4.24. The molecular weight excluding hydrogens is 278 g/mol. The Hall–Kier alpha value is -2.10. The van der Waals surface area contributed by atoms with Crippen LogP contribution in [0.4, 0.5) is 0 Å². The van der Waals surface area contributed by atoms with Crippen LogP contribution in [0.25, 0.3) is 11.0 Å². The van der Waals surface area contributed by atoms with Gasteiger partial charge in [0.05, 0.1) is 0 Å². The van der Waals surface area contributed by atoms with E-state index >= 15 is 0 Å². The Bertz CT molecular complexity index is 710. The zero-order valence-electron chi connectivity index (χ0n) is 13.6. The lowest BCUT2D eigenvalue weighted by Crippen LogP contribution is -2.45. The van der Waals surface area contributed by atoms with Crippen molar-refractivity contribution in [2.24, 2.45) is 0 Å². The van der Waals surface area contributed by atoms with Crippen LogP contribution in [0.5, 0.6) is 0 Å². The molecule has 4 nitrogen and oxygen atoms in total. The van der Waals surface area contributed by atoms with Gasteiger partial charge in [-0.15, -0.1) is 0 Å². The molecule has 0 aliphatic rings. The summed E-state index contributed by atoms with van der Waals surface area (Å²) in [6, 6.07) is 9.02. The molecule has 1 aromatic heterocycles. The summed E-state index contributed by atoms with van der Waals surface area (Å²) >= 11 is 0. The number of carbonyl (C=O) groups excluding carboxylic acids is 1. The average Bonchev–Trinajstić information content (AvgIpc) is 2.53. The number of rotatable bonds is 5. The topological polar surface area (TPSA) is 50.5 Å². The lowest BCUT2D eigenvalue weighted by Gasteiger charge is -2.33. The van der Waals surface area contributed by atoms with Gasteiger partial charge in [0.15, 0.2) is 0 Å². The summed E-state index contributed by atoms with van der Waals surface area (Å²) in [6.07, 6.45) is 1.68. The molecule has 0 saturated carbocycles. The van der Waals surface area contributed by atoms with Crippen molar-refractivity contribution in [1.29, 1.82) is 0 Å². The summed E-state index contributed by atoms with van der Waals surface area (Å²) in [4.78, 5) is 26.9. The Kier molecular flexibility index (Phi) is 5.01. The molecule has 0 spiro atoms. The number of carbonyl (C=O) groups is 1. The first-order valence-corrected chi connectivity index (χ1v) is 7.85. The van der Waals surface area contributed by atoms with Gasteiger partial charge in [0, 0.05) is 17.5 Å². The summed E-state index contributed by atoms with van der Waals surface area (Å²) in [5.74, 6) is -0.247. The van der Waals surface area contributed by atoms with Crippen LogP contribution < -0.4 is 5.63 Å². The summed E-state index contributed by atoms with van der Waals surface area (Å²) in [5.41, 5.74) is 0.0438. The van der Waals surface area contributed by atoms with Crippen LogP contribution >= 0.6 is 0 Å². The fourth-order valence-electron chi connectivity index (χ4n) is 2.58. The Labute approximate surface area is 130 Å². The second-order valence-corrected chi connectivity index (χ2v) is 5.71. The number of fused-ring (bicyclic) bond motifs is 1. The summed E-state index contributed by atoms with van der Waals surface area (Å²) in [7, 11) is 0. The zero-order chi connectivity index (χ0) is 16.3. The Morgan fingerprint density at radius 1 is 1.14 bits per heavy atom. The molecular formula is C18H23NO3. The zero-order valence-corrected chi connectivity index (χ0v) is 13.6. The molecule has 2 rings (SSSR count). The molecule has 118 valence electrons. The number of para-hydroxylation sites is 1. The predicted octanol–water partition coefficient (Wildman–Crippen LogP) is 3.83. The first kappa shape index (κ1) is 16.3. The van der Waals surface area contributed by atoms with E-state index in [1.165, 1.54) is 0 Å². The molecule has 0 radical (unpaired) electrons. The highest BCUT2D eigenvalue weighted by Gasteiger charge is 2.27. The van der Waals surface area contributed by atoms with E-state index in [-0.39, 0.29) is 23.6 Å². The van der Waals surface area contributed by atoms with Crippen molar-refractivity contribution >= 4 is 16.9 Å². The van der Waals surface area contributed by atoms with Gasteiger partial charge in [-0.05, 0) is 38.8 Å². The van der Waals surface area contributed by atoms with E-state index in [9.17, 15) is 9.59 Å². The van der Waals surface area contributed by atoms with E-state index in [0.717, 1.165) is 18.2 Å². The highest BCUT2D eigenvalue weighted by atomic mass is 16.4. The third-order valence-electron chi connectivity index (χ3n) is 4.24. The van der Waals surface area contributed by atoms with Gasteiger partial charge < -0.3 is 9.32 Å². The lowest BCUT2D eigenvalue weighted by atomic mass is 10.1. The summed E-state index contributed by atoms with van der Waals surface area (Å²) in [6.45, 7) is 8.09. The standard InChI is InChI=1S/C18H23NO3/c1-5-12(3)19(13(4)6-2)17(20)15-11-14-9-7-8-10-16(14)22-18(15)21/h7-13H,5-6H2,1-4H3/t12-,13-/m0/s1. The van der Waals surface area contributed by atoms with Crippen molar-refractivity contribution in [3.63, 3.8) is 0 Å². The maximum atomic E-state index is 12.9. The molecule has 1 aromatic carbocycles. The Morgan fingerprint density at radius 3 is 2.32 bits per heavy atom. The van der Waals surface area contributed by atoms with E-state index in [1.807, 2.05) is 39.8 Å². The van der Waals surface area contributed by atoms with Crippen molar-refractivity contribution < 1.29 is 9.21 Å². The molecule has 2 atom stereocenters. The largest absolute Gasteiger partial charge is 0.422 e. The maximum Gasteiger partial charge on any atom is 0.349 e. The van der Waals surface area contributed by atoms with Crippen LogP contribution in [-0.4, -0.2) is 22.9 Å². The van der Waals surface area contributed by atoms with Gasteiger partial charge in [-0.2, -0.15) is 0 Å². The van der Waals surface area contributed by atoms with Crippen LogP contribution in [-0.2, 0) is 0 Å². The van der Waals surface area contributed by atoms with Crippen LogP contribution in [0.15, 0.2) is 39.5 Å². The monoisotopic (exact) mass is 301 g/mol. The third kappa shape index (κ3) is 3.06. The van der Waals surface area contributed by atoms with Crippen molar-refractivity contribution in [2.75, 3.05) is 0 Å². The second kappa shape index (κ2) is 6.77. The van der Waals surface area contributed by atoms with Gasteiger partial charge in [0.25, 0.3) is 5.91 Å². The molecule has 0 aliphatic carbocycles. The SMILES string of the molecule is CC[C@H](C)N(C(=O)c1cc2ccccc2oc1=O)[C@@H](C)CC. The van der Waals surface area contributed by atoms with Gasteiger partial charge >= 0.3 is 5.63 Å². The van der Waals surface area contributed by atoms with Crippen molar-refractivity contribution in [2.45, 2.75) is 52.6 Å². The van der Waals surface area contributed by atoms with E-state index in [2.05, 4.69) is 0 Å². The van der Waals surface area contributed by atoms with Gasteiger partial charge in [-0.1, -0.05) is 32.0 Å². The minimum atomic E-state index is -0.569. The fraction of sp³-hybridized carbons (Fsp3) is 0.444. The van der Waals surface area contributed by atoms with Crippen molar-refractivity contribution in [3.05, 3.63) is 46.3 Å². The summed E-state index contributed by atoms with van der Waals surface area (Å²) in [5, 5.41) is 0.763. The van der Waals surface area contributed by atoms with Gasteiger partial charge in [0.1, 0.15) is 11.1 Å². The van der Waals surface area contributed by atoms with Gasteiger partial charge in [0.2, 0.25) is 0 Å². The van der Waals surface area contributed by atoms with Crippen molar-refractivity contribution in [3.8, 4) is 0 Å². The van der Waals surface area contributed by atoms with Crippen molar-refractivity contribution in [1.82, 2.24) is 4.90 Å². The number of hydrogen-bond acceptors (Lipinski definition) is 3. The van der Waals surface area contributed by atoms with Crippen LogP contribution in [0.2, 0.25) is 0 Å². The lowest BCUT2D eigenvalue weighted by molar-refractivity contribution is 0.0594. The van der Waals surface area contributed by atoms with E-state index in [0.29, 0.717) is 5.58 Å². The fourth-order valence-corrected chi connectivity index (χ4v) is 2.58. The number of hydrogen-bond donors (Lipinski definition) is 0. The Morgan fingerprint density at radius 2 is 1.73 bits per heavy atom. The minimum absolute atomic E-state index is 0.0771. The molecule has 0 saturated heterocycles. The number of benzene rings is 1. The first-order valence-electron chi connectivity index (χ1n) is 7.85.